The Hall–Kier alpha value is -4.66. The van der Waals surface area contributed by atoms with Crippen LogP contribution in [0.1, 0.15) is 53.1 Å². The maximum atomic E-state index is 12.5. The number of benzene rings is 3. The molecule has 9 heteroatoms. The van der Waals surface area contributed by atoms with Crippen molar-refractivity contribution in [3.63, 3.8) is 0 Å². The van der Waals surface area contributed by atoms with Crippen LogP contribution in [0.15, 0.2) is 59.7 Å². The molecule has 0 bridgehead atoms. The van der Waals surface area contributed by atoms with Crippen LogP contribution in [0, 0.1) is 20.8 Å². The first-order valence-corrected chi connectivity index (χ1v) is 13.0. The zero-order chi connectivity index (χ0) is 29.2. The van der Waals surface area contributed by atoms with Gasteiger partial charge in [0.2, 0.25) is 0 Å². The van der Waals surface area contributed by atoms with Gasteiger partial charge in [-0.05, 0) is 72.7 Å². The predicted molar refractivity (Wildman–Crippen MR) is 156 cm³/mol. The zero-order valence-corrected chi connectivity index (χ0v) is 23.8. The number of ether oxygens (including phenoxy) is 2. The van der Waals surface area contributed by atoms with Gasteiger partial charge in [0.05, 0.1) is 13.3 Å². The number of anilines is 1. The highest BCUT2D eigenvalue weighted by Crippen LogP contribution is 2.28. The van der Waals surface area contributed by atoms with Crippen molar-refractivity contribution < 1.29 is 23.9 Å². The van der Waals surface area contributed by atoms with Gasteiger partial charge in [-0.2, -0.15) is 5.10 Å². The highest BCUT2D eigenvalue weighted by molar-refractivity contribution is 6.35. The number of nitrogens with one attached hydrogen (secondary N) is 3. The van der Waals surface area contributed by atoms with Crippen LogP contribution in [-0.4, -0.2) is 37.7 Å². The molecule has 210 valence electrons. The molecule has 3 N–H and O–H groups in total. The number of carbonyl (C=O) groups is 3. The molecular formula is C31H36N4O5. The molecule has 0 aliphatic heterocycles. The molecule has 0 radical (unpaired) electrons. The number of aryl methyl sites for hydroxylation is 3. The third-order valence-electron chi connectivity index (χ3n) is 6.17. The van der Waals surface area contributed by atoms with Gasteiger partial charge >= 0.3 is 11.8 Å². The summed E-state index contributed by atoms with van der Waals surface area (Å²) in [5.41, 5.74) is 8.75. The average Bonchev–Trinajstić information content (AvgIpc) is 2.92. The van der Waals surface area contributed by atoms with Crippen LogP contribution in [0.25, 0.3) is 0 Å². The van der Waals surface area contributed by atoms with Crippen molar-refractivity contribution in [2.24, 2.45) is 5.10 Å². The summed E-state index contributed by atoms with van der Waals surface area (Å²) >= 11 is 0. The lowest BCUT2D eigenvalue weighted by Crippen LogP contribution is -2.37. The minimum Gasteiger partial charge on any atom is -0.493 e. The predicted octanol–water partition coefficient (Wildman–Crippen LogP) is 4.53. The molecule has 3 amide bonds. The van der Waals surface area contributed by atoms with Crippen LogP contribution in [-0.2, 0) is 20.9 Å². The van der Waals surface area contributed by atoms with Crippen molar-refractivity contribution in [1.82, 2.24) is 10.7 Å². The molecule has 0 saturated carbocycles. The minimum atomic E-state index is -0.882. The lowest BCUT2D eigenvalue weighted by atomic mass is 10.0. The largest absolute Gasteiger partial charge is 0.493 e. The van der Waals surface area contributed by atoms with Crippen LogP contribution in [0.5, 0.6) is 11.5 Å². The van der Waals surface area contributed by atoms with Gasteiger partial charge in [0.15, 0.2) is 18.1 Å². The highest BCUT2D eigenvalue weighted by Gasteiger charge is 2.13. The third-order valence-corrected chi connectivity index (χ3v) is 6.17. The van der Waals surface area contributed by atoms with Crippen LogP contribution < -0.4 is 25.5 Å². The van der Waals surface area contributed by atoms with Crippen molar-refractivity contribution in [2.75, 3.05) is 19.0 Å². The van der Waals surface area contributed by atoms with E-state index in [9.17, 15) is 14.4 Å². The van der Waals surface area contributed by atoms with E-state index in [1.165, 1.54) is 18.9 Å². The number of hydrogen-bond acceptors (Lipinski definition) is 6. The first kappa shape index (κ1) is 29.9. The van der Waals surface area contributed by atoms with Crippen molar-refractivity contribution in [3.8, 4) is 11.5 Å². The van der Waals surface area contributed by atoms with E-state index < -0.39 is 11.8 Å². The van der Waals surface area contributed by atoms with Gasteiger partial charge in [-0.3, -0.25) is 14.4 Å². The van der Waals surface area contributed by atoms with Crippen LogP contribution in [0.4, 0.5) is 5.69 Å². The fourth-order valence-corrected chi connectivity index (χ4v) is 4.08. The van der Waals surface area contributed by atoms with Crippen molar-refractivity contribution in [1.29, 1.82) is 0 Å². The fraction of sp³-hybridized carbons (Fsp3) is 0.290. The molecule has 0 atom stereocenters. The highest BCUT2D eigenvalue weighted by atomic mass is 16.5. The molecule has 40 heavy (non-hydrogen) atoms. The SMILES string of the molecule is COc1cc(/C=N\NC(=O)C(=O)NCc2ccc(C(C)C)cc2)ccc1OCC(=O)Nc1c(C)cc(C)cc1C. The van der Waals surface area contributed by atoms with E-state index in [2.05, 4.69) is 35.0 Å². The van der Waals surface area contributed by atoms with Gasteiger partial charge in [0.1, 0.15) is 0 Å². The summed E-state index contributed by atoms with van der Waals surface area (Å²) in [6, 6.07) is 16.8. The van der Waals surface area contributed by atoms with E-state index >= 15 is 0 Å². The smallest absolute Gasteiger partial charge is 0.329 e. The maximum Gasteiger partial charge on any atom is 0.329 e. The van der Waals surface area contributed by atoms with Crippen molar-refractivity contribution in [2.45, 2.75) is 47.1 Å². The summed E-state index contributed by atoms with van der Waals surface area (Å²) in [5, 5.41) is 9.32. The maximum absolute atomic E-state index is 12.5. The number of hydrazone groups is 1. The molecule has 0 aliphatic carbocycles. The Balaban J connectivity index is 1.50. The topological polar surface area (TPSA) is 118 Å². The van der Waals surface area contributed by atoms with Gasteiger partial charge in [0.25, 0.3) is 5.91 Å². The van der Waals surface area contributed by atoms with E-state index in [1.54, 1.807) is 18.2 Å². The molecule has 3 aromatic carbocycles. The van der Waals surface area contributed by atoms with Gasteiger partial charge in [-0.25, -0.2) is 5.43 Å². The van der Waals surface area contributed by atoms with Gasteiger partial charge < -0.3 is 20.1 Å². The van der Waals surface area contributed by atoms with Gasteiger partial charge in [-0.15, -0.1) is 0 Å². The molecule has 0 heterocycles. The quantitative estimate of drug-likeness (QED) is 0.197. The number of methoxy groups -OCH3 is 1. The molecule has 0 spiro atoms. The molecule has 0 saturated heterocycles. The van der Waals surface area contributed by atoms with Crippen LogP contribution in [0.3, 0.4) is 0 Å². The molecule has 0 aliphatic rings. The summed E-state index contributed by atoms with van der Waals surface area (Å²) in [5.74, 6) is -0.798. The third kappa shape index (κ3) is 8.42. The van der Waals surface area contributed by atoms with E-state index in [1.807, 2.05) is 57.2 Å². The monoisotopic (exact) mass is 544 g/mol. The van der Waals surface area contributed by atoms with Gasteiger partial charge in [-0.1, -0.05) is 55.8 Å². The van der Waals surface area contributed by atoms with Gasteiger partial charge in [0, 0.05) is 12.2 Å². The first-order valence-electron chi connectivity index (χ1n) is 13.0. The molecule has 3 aromatic rings. The lowest BCUT2D eigenvalue weighted by Gasteiger charge is -2.14. The summed E-state index contributed by atoms with van der Waals surface area (Å²) in [6.45, 7) is 10.1. The lowest BCUT2D eigenvalue weighted by molar-refractivity contribution is -0.139. The molecule has 0 fully saturated rings. The van der Waals surface area contributed by atoms with Crippen LogP contribution in [0.2, 0.25) is 0 Å². The number of nitrogens with zero attached hydrogens (tertiary/aromatic N) is 1. The summed E-state index contributed by atoms with van der Waals surface area (Å²) in [7, 11) is 1.48. The molecular weight excluding hydrogens is 508 g/mol. The van der Waals surface area contributed by atoms with E-state index in [-0.39, 0.29) is 19.1 Å². The molecule has 0 unspecified atom stereocenters. The Bertz CT molecular complexity index is 1370. The van der Waals surface area contributed by atoms with Crippen molar-refractivity contribution in [3.05, 3.63) is 88.0 Å². The molecule has 9 nitrogen and oxygen atoms in total. The van der Waals surface area contributed by atoms with Crippen LogP contribution >= 0.6 is 0 Å². The second kappa shape index (κ2) is 13.9. The number of amides is 3. The fourth-order valence-electron chi connectivity index (χ4n) is 4.08. The number of hydrogen-bond donors (Lipinski definition) is 3. The molecule has 0 aromatic heterocycles. The van der Waals surface area contributed by atoms with E-state index in [0.717, 1.165) is 27.9 Å². The second-order valence-corrected chi connectivity index (χ2v) is 9.80. The van der Waals surface area contributed by atoms with E-state index in [0.29, 0.717) is 23.0 Å². The Morgan fingerprint density at radius 1 is 0.900 bits per heavy atom. The summed E-state index contributed by atoms with van der Waals surface area (Å²) in [6.07, 6.45) is 1.37. The zero-order valence-electron chi connectivity index (χ0n) is 23.8. The average molecular weight is 545 g/mol. The Labute approximate surface area is 235 Å². The summed E-state index contributed by atoms with van der Waals surface area (Å²) < 4.78 is 11.0. The van der Waals surface area contributed by atoms with E-state index in [4.69, 9.17) is 9.47 Å². The Kier molecular flexibility index (Phi) is 10.4. The normalized spacial score (nSPS) is 10.9. The number of rotatable bonds is 10. The second-order valence-electron chi connectivity index (χ2n) is 9.80. The molecule has 3 rings (SSSR count). The standard InChI is InChI=1S/C31H36N4O5/c1-19(2)25-10-7-23(8-11-25)16-32-30(37)31(38)35-33-17-24-9-12-26(27(15-24)39-6)40-18-28(36)34-29-21(4)13-20(3)14-22(29)5/h7-15,17,19H,16,18H2,1-6H3,(H,32,37)(H,34,36)(H,35,38)/b33-17-. The summed E-state index contributed by atoms with van der Waals surface area (Å²) in [4.78, 5) is 36.7. The first-order chi connectivity index (χ1) is 19.1. The Morgan fingerprint density at radius 3 is 2.20 bits per heavy atom. The van der Waals surface area contributed by atoms with Crippen molar-refractivity contribution >= 4 is 29.6 Å². The Morgan fingerprint density at radius 2 is 1.57 bits per heavy atom. The number of carbonyl (C=O) groups excluding carboxylic acids is 3. The minimum absolute atomic E-state index is 0.205.